The molecule has 74 valence electrons. The van der Waals surface area contributed by atoms with Crippen LogP contribution in [0.4, 0.5) is 0 Å². The van der Waals surface area contributed by atoms with Gasteiger partial charge in [0.15, 0.2) is 0 Å². The minimum atomic E-state index is -0.110. The van der Waals surface area contributed by atoms with Crippen molar-refractivity contribution in [3.8, 4) is 0 Å². The lowest BCUT2D eigenvalue weighted by atomic mass is 9.80. The van der Waals surface area contributed by atoms with Crippen LogP contribution in [-0.2, 0) is 4.74 Å². The molecule has 2 atom stereocenters. The maximum atomic E-state index is 9.82. The van der Waals surface area contributed by atoms with Gasteiger partial charge in [-0.25, -0.2) is 0 Å². The number of ether oxygens (including phenoxy) is 1. The molecule has 2 rings (SSSR count). The lowest BCUT2D eigenvalue weighted by Crippen LogP contribution is -2.27. The molecule has 0 aromatic heterocycles. The van der Waals surface area contributed by atoms with E-state index >= 15 is 0 Å². The van der Waals surface area contributed by atoms with Gasteiger partial charge in [0.2, 0.25) is 0 Å². The number of rotatable bonds is 1. The Morgan fingerprint density at radius 3 is 2.77 bits per heavy atom. The quantitative estimate of drug-likeness (QED) is 0.674. The maximum absolute atomic E-state index is 9.82. The van der Waals surface area contributed by atoms with Gasteiger partial charge in [0, 0.05) is 5.92 Å². The van der Waals surface area contributed by atoms with E-state index in [4.69, 9.17) is 4.74 Å². The molecule has 0 bridgehead atoms. The van der Waals surface area contributed by atoms with Crippen LogP contribution < -0.4 is 0 Å². The molecule has 1 saturated carbocycles. The van der Waals surface area contributed by atoms with E-state index < -0.39 is 0 Å². The number of hydrogen-bond acceptors (Lipinski definition) is 2. The van der Waals surface area contributed by atoms with E-state index in [-0.39, 0.29) is 6.10 Å². The predicted molar refractivity (Wildman–Crippen MR) is 51.2 cm³/mol. The minimum absolute atomic E-state index is 0.110. The number of hydrogen-bond donors (Lipinski definition) is 1. The van der Waals surface area contributed by atoms with Crippen molar-refractivity contribution in [3.05, 3.63) is 11.8 Å². The van der Waals surface area contributed by atoms with Crippen LogP contribution >= 0.6 is 0 Å². The zero-order valence-corrected chi connectivity index (χ0v) is 8.04. The molecule has 0 aromatic rings. The molecule has 0 saturated heterocycles. The summed E-state index contributed by atoms with van der Waals surface area (Å²) in [6.07, 6.45) is 8.60. The fraction of sp³-hybridized carbons (Fsp3) is 0.818. The zero-order chi connectivity index (χ0) is 9.10. The molecular formula is C11H18O2. The van der Waals surface area contributed by atoms with Gasteiger partial charge < -0.3 is 9.84 Å². The molecule has 0 radical (unpaired) electrons. The summed E-state index contributed by atoms with van der Waals surface area (Å²) in [4.78, 5) is 0. The second-order valence-electron chi connectivity index (χ2n) is 4.13. The average Bonchev–Trinajstić information content (AvgIpc) is 2.20. The molecule has 1 aliphatic carbocycles. The SMILES string of the molecule is OC1CCCCC1C1=COCCC1. The van der Waals surface area contributed by atoms with E-state index in [9.17, 15) is 5.11 Å². The van der Waals surface area contributed by atoms with Crippen molar-refractivity contribution in [2.45, 2.75) is 44.6 Å². The molecular weight excluding hydrogens is 164 g/mol. The summed E-state index contributed by atoms with van der Waals surface area (Å²) in [5.74, 6) is 0.397. The highest BCUT2D eigenvalue weighted by Gasteiger charge is 2.27. The molecule has 1 aliphatic heterocycles. The molecule has 2 heteroatoms. The Kier molecular flexibility index (Phi) is 2.89. The highest BCUT2D eigenvalue weighted by Crippen LogP contribution is 2.33. The topological polar surface area (TPSA) is 29.5 Å². The van der Waals surface area contributed by atoms with E-state index in [0.29, 0.717) is 5.92 Å². The first-order valence-corrected chi connectivity index (χ1v) is 5.36. The summed E-state index contributed by atoms with van der Waals surface area (Å²) in [6.45, 7) is 0.853. The van der Waals surface area contributed by atoms with Crippen LogP contribution in [0.25, 0.3) is 0 Å². The summed E-state index contributed by atoms with van der Waals surface area (Å²) in [6, 6.07) is 0. The predicted octanol–water partition coefficient (Wildman–Crippen LogP) is 2.23. The van der Waals surface area contributed by atoms with Crippen LogP contribution in [0, 0.1) is 5.92 Å². The lowest BCUT2D eigenvalue weighted by Gasteiger charge is -2.30. The van der Waals surface area contributed by atoms with Crippen LogP contribution in [0.5, 0.6) is 0 Å². The Morgan fingerprint density at radius 1 is 1.23 bits per heavy atom. The molecule has 1 fully saturated rings. The monoisotopic (exact) mass is 182 g/mol. The summed E-state index contributed by atoms with van der Waals surface area (Å²) in [7, 11) is 0. The van der Waals surface area contributed by atoms with Crippen LogP contribution in [0.15, 0.2) is 11.8 Å². The Morgan fingerprint density at radius 2 is 2.08 bits per heavy atom. The zero-order valence-electron chi connectivity index (χ0n) is 8.04. The van der Waals surface area contributed by atoms with E-state index in [1.54, 1.807) is 0 Å². The van der Waals surface area contributed by atoms with Crippen molar-refractivity contribution in [3.63, 3.8) is 0 Å². The summed E-state index contributed by atoms with van der Waals surface area (Å²) in [5, 5.41) is 9.82. The second-order valence-corrected chi connectivity index (χ2v) is 4.13. The Balaban J connectivity index is 2.00. The van der Waals surface area contributed by atoms with Crippen LogP contribution in [0.2, 0.25) is 0 Å². The fourth-order valence-corrected chi connectivity index (χ4v) is 2.40. The van der Waals surface area contributed by atoms with Crippen LogP contribution in [-0.4, -0.2) is 17.8 Å². The molecule has 0 amide bonds. The minimum Gasteiger partial charge on any atom is -0.501 e. The fourth-order valence-electron chi connectivity index (χ4n) is 2.40. The van der Waals surface area contributed by atoms with Crippen molar-refractivity contribution in [1.29, 1.82) is 0 Å². The third kappa shape index (κ3) is 2.05. The van der Waals surface area contributed by atoms with Crippen molar-refractivity contribution in [2.75, 3.05) is 6.61 Å². The summed E-state index contributed by atoms with van der Waals surface area (Å²) >= 11 is 0. The molecule has 13 heavy (non-hydrogen) atoms. The molecule has 0 aromatic carbocycles. The van der Waals surface area contributed by atoms with Gasteiger partial charge >= 0.3 is 0 Å². The van der Waals surface area contributed by atoms with Crippen molar-refractivity contribution >= 4 is 0 Å². The summed E-state index contributed by atoms with van der Waals surface area (Å²) in [5.41, 5.74) is 1.35. The Labute approximate surface area is 79.6 Å². The highest BCUT2D eigenvalue weighted by molar-refractivity contribution is 5.08. The number of aliphatic hydroxyl groups is 1. The van der Waals surface area contributed by atoms with E-state index in [0.717, 1.165) is 32.3 Å². The first-order valence-electron chi connectivity index (χ1n) is 5.36. The molecule has 0 spiro atoms. The second kappa shape index (κ2) is 4.14. The van der Waals surface area contributed by atoms with Gasteiger partial charge in [-0.05, 0) is 31.3 Å². The van der Waals surface area contributed by atoms with Crippen LogP contribution in [0.3, 0.4) is 0 Å². The summed E-state index contributed by atoms with van der Waals surface area (Å²) < 4.78 is 5.31. The third-order valence-electron chi connectivity index (χ3n) is 3.17. The maximum Gasteiger partial charge on any atom is 0.0876 e. The molecule has 1 heterocycles. The largest absolute Gasteiger partial charge is 0.501 e. The number of aliphatic hydroxyl groups excluding tert-OH is 1. The van der Waals surface area contributed by atoms with E-state index in [2.05, 4.69) is 0 Å². The van der Waals surface area contributed by atoms with Gasteiger partial charge in [-0.3, -0.25) is 0 Å². The van der Waals surface area contributed by atoms with Crippen LogP contribution in [0.1, 0.15) is 38.5 Å². The van der Waals surface area contributed by atoms with E-state index in [1.165, 1.54) is 18.4 Å². The standard InChI is InChI=1S/C11H18O2/c12-11-6-2-1-5-10(11)9-4-3-7-13-8-9/h8,10-12H,1-7H2. The van der Waals surface area contributed by atoms with Gasteiger partial charge in [-0.2, -0.15) is 0 Å². The van der Waals surface area contributed by atoms with Gasteiger partial charge in [0.05, 0.1) is 19.0 Å². The molecule has 1 N–H and O–H groups in total. The average molecular weight is 182 g/mol. The Bertz CT molecular complexity index is 198. The van der Waals surface area contributed by atoms with Crippen molar-refractivity contribution < 1.29 is 9.84 Å². The molecule has 2 aliphatic rings. The first-order chi connectivity index (χ1) is 6.38. The van der Waals surface area contributed by atoms with Gasteiger partial charge in [-0.15, -0.1) is 0 Å². The van der Waals surface area contributed by atoms with Gasteiger partial charge in [0.1, 0.15) is 0 Å². The molecule has 2 nitrogen and oxygen atoms in total. The van der Waals surface area contributed by atoms with E-state index in [1.807, 2.05) is 6.26 Å². The first kappa shape index (κ1) is 9.07. The third-order valence-corrected chi connectivity index (χ3v) is 3.17. The highest BCUT2D eigenvalue weighted by atomic mass is 16.5. The van der Waals surface area contributed by atoms with Crippen molar-refractivity contribution in [2.24, 2.45) is 5.92 Å². The van der Waals surface area contributed by atoms with Crippen molar-refractivity contribution in [1.82, 2.24) is 0 Å². The normalized spacial score (nSPS) is 35.0. The Hall–Kier alpha value is -0.500. The molecule has 2 unspecified atom stereocenters. The lowest BCUT2D eigenvalue weighted by molar-refractivity contribution is 0.0793. The smallest absolute Gasteiger partial charge is 0.0876 e. The van der Waals surface area contributed by atoms with Gasteiger partial charge in [0.25, 0.3) is 0 Å². The van der Waals surface area contributed by atoms with Gasteiger partial charge in [-0.1, -0.05) is 12.8 Å².